The van der Waals surface area contributed by atoms with Crippen molar-refractivity contribution < 1.29 is 24.5 Å². The number of fused-ring (bicyclic) bond motifs is 5. The molecule has 3 N–H and O–H groups in total. The molecule has 6 atom stereocenters. The topological polar surface area (TPSA) is 99.1 Å². The second kappa shape index (κ2) is 9.52. The summed E-state index contributed by atoms with van der Waals surface area (Å²) in [4.78, 5) is 27.1. The number of likely N-dealkylation sites (N-methyl/N-ethyl adjacent to an activating group) is 1. The highest BCUT2D eigenvalue weighted by Gasteiger charge is 2.58. The van der Waals surface area contributed by atoms with E-state index >= 15 is 0 Å². The van der Waals surface area contributed by atoms with Gasteiger partial charge in [0.25, 0.3) is 0 Å². The number of hydrogen-bond acceptors (Lipinski definition) is 6. The first-order valence-corrected chi connectivity index (χ1v) is 12.9. The van der Waals surface area contributed by atoms with Crippen LogP contribution in [-0.2, 0) is 16.0 Å². The van der Waals surface area contributed by atoms with Crippen LogP contribution in [0.1, 0.15) is 60.0 Å². The van der Waals surface area contributed by atoms with E-state index in [1.54, 1.807) is 35.2 Å². The zero-order chi connectivity index (χ0) is 25.6. The Morgan fingerprint density at radius 2 is 1.86 bits per heavy atom. The van der Waals surface area contributed by atoms with Gasteiger partial charge in [0.1, 0.15) is 11.9 Å². The standard InChI is InChI=1S/C29H36N2O5/c1-29-15-24(36-28(35)17-4-7-19(8-5-17)30-26(34)16-31(2)3)27-21-11-9-20(32)14-18(21)6-10-22(27)23(29)12-13-25(29)33/h4-5,7-9,11,14,22-25,27,32-33H,6,10,12-13,15-16H2,1-3H3,(H,30,34)/t22-,23-,24+,25-,27+,29-/m0/s1. The summed E-state index contributed by atoms with van der Waals surface area (Å²) in [5, 5.41) is 23.8. The Morgan fingerprint density at radius 3 is 2.58 bits per heavy atom. The molecule has 36 heavy (non-hydrogen) atoms. The summed E-state index contributed by atoms with van der Waals surface area (Å²) in [6.07, 6.45) is 3.49. The molecule has 2 fully saturated rings. The maximum atomic E-state index is 13.3. The third-order valence-electron chi connectivity index (χ3n) is 8.73. The Bertz CT molecular complexity index is 1150. The molecule has 2 aromatic rings. The molecule has 2 aromatic carbocycles. The SMILES string of the molecule is CN(C)CC(=O)Nc1ccc(C(=O)O[C@@H]2C[C@]3(C)[C@@H](O)CC[C@H]3[C@@H]3CCc4cc(O)ccc4[C@H]32)cc1. The van der Waals surface area contributed by atoms with Gasteiger partial charge in [-0.15, -0.1) is 0 Å². The minimum absolute atomic E-state index is 0.0475. The van der Waals surface area contributed by atoms with Crippen LogP contribution in [0.25, 0.3) is 0 Å². The van der Waals surface area contributed by atoms with Gasteiger partial charge in [0.15, 0.2) is 0 Å². The first-order valence-electron chi connectivity index (χ1n) is 12.9. The second-order valence-electron chi connectivity index (χ2n) is 11.3. The molecule has 3 aliphatic rings. The van der Waals surface area contributed by atoms with Gasteiger partial charge in [0.05, 0.1) is 18.2 Å². The van der Waals surface area contributed by atoms with Gasteiger partial charge in [-0.05, 0) is 106 Å². The molecule has 7 heteroatoms. The van der Waals surface area contributed by atoms with Crippen molar-refractivity contribution >= 4 is 17.6 Å². The number of aliphatic hydroxyl groups excluding tert-OH is 1. The molecule has 0 radical (unpaired) electrons. The number of carbonyl (C=O) groups is 2. The molecule has 0 heterocycles. The van der Waals surface area contributed by atoms with Crippen LogP contribution in [0, 0.1) is 17.3 Å². The lowest BCUT2D eigenvalue weighted by molar-refractivity contribution is -0.116. The van der Waals surface area contributed by atoms with Crippen LogP contribution < -0.4 is 5.32 Å². The van der Waals surface area contributed by atoms with Crippen molar-refractivity contribution in [1.82, 2.24) is 4.90 Å². The molecule has 0 saturated heterocycles. The molecule has 0 bridgehead atoms. The number of amides is 1. The summed E-state index contributed by atoms with van der Waals surface area (Å²) < 4.78 is 6.22. The molecule has 2 saturated carbocycles. The Kier molecular flexibility index (Phi) is 6.55. The van der Waals surface area contributed by atoms with Crippen molar-refractivity contribution in [1.29, 1.82) is 0 Å². The van der Waals surface area contributed by atoms with E-state index in [2.05, 4.69) is 12.2 Å². The number of hydrogen-bond donors (Lipinski definition) is 3. The van der Waals surface area contributed by atoms with Crippen molar-refractivity contribution in [3.8, 4) is 5.75 Å². The van der Waals surface area contributed by atoms with Crippen LogP contribution in [0.4, 0.5) is 5.69 Å². The fourth-order valence-electron chi connectivity index (χ4n) is 7.09. The average molecular weight is 493 g/mol. The number of rotatable bonds is 5. The minimum atomic E-state index is -0.398. The van der Waals surface area contributed by atoms with E-state index in [0.29, 0.717) is 29.5 Å². The molecule has 0 spiro atoms. The van der Waals surface area contributed by atoms with E-state index in [-0.39, 0.29) is 35.6 Å². The van der Waals surface area contributed by atoms with E-state index in [1.807, 2.05) is 26.2 Å². The van der Waals surface area contributed by atoms with Gasteiger partial charge in [0.2, 0.25) is 5.91 Å². The van der Waals surface area contributed by atoms with Gasteiger partial charge in [-0.3, -0.25) is 4.79 Å². The summed E-state index contributed by atoms with van der Waals surface area (Å²) >= 11 is 0. The Hall–Kier alpha value is -2.90. The van der Waals surface area contributed by atoms with Crippen molar-refractivity contribution in [3.63, 3.8) is 0 Å². The molecule has 0 aromatic heterocycles. The van der Waals surface area contributed by atoms with Crippen molar-refractivity contribution in [2.24, 2.45) is 17.3 Å². The fraction of sp³-hybridized carbons (Fsp3) is 0.517. The van der Waals surface area contributed by atoms with Crippen LogP contribution >= 0.6 is 0 Å². The van der Waals surface area contributed by atoms with Crippen molar-refractivity contribution in [2.45, 2.75) is 57.2 Å². The number of nitrogens with one attached hydrogen (secondary N) is 1. The molecule has 7 nitrogen and oxygen atoms in total. The van der Waals surface area contributed by atoms with Crippen molar-refractivity contribution in [2.75, 3.05) is 26.0 Å². The second-order valence-corrected chi connectivity index (χ2v) is 11.3. The molecule has 0 aliphatic heterocycles. The third kappa shape index (κ3) is 4.50. The lowest BCUT2D eigenvalue weighted by Crippen LogP contribution is -2.51. The lowest BCUT2D eigenvalue weighted by atomic mass is 9.54. The third-order valence-corrected chi connectivity index (χ3v) is 8.73. The van der Waals surface area contributed by atoms with Gasteiger partial charge in [-0.2, -0.15) is 0 Å². The number of benzene rings is 2. The number of carbonyl (C=O) groups excluding carboxylic acids is 2. The van der Waals surface area contributed by atoms with Gasteiger partial charge >= 0.3 is 5.97 Å². The highest BCUT2D eigenvalue weighted by molar-refractivity contribution is 5.94. The Labute approximate surface area is 212 Å². The number of aliphatic hydroxyl groups is 1. The first kappa shape index (κ1) is 24.8. The van der Waals surface area contributed by atoms with Crippen LogP contribution in [0.3, 0.4) is 0 Å². The molecule has 1 amide bonds. The smallest absolute Gasteiger partial charge is 0.338 e. The van der Waals surface area contributed by atoms with Gasteiger partial charge in [-0.25, -0.2) is 4.79 Å². The number of ether oxygens (including phenoxy) is 1. The number of aromatic hydroxyl groups is 1. The fourth-order valence-corrected chi connectivity index (χ4v) is 7.09. The quantitative estimate of drug-likeness (QED) is 0.547. The Morgan fingerprint density at radius 1 is 1.11 bits per heavy atom. The summed E-state index contributed by atoms with van der Waals surface area (Å²) in [5.41, 5.74) is 3.06. The predicted octanol–water partition coefficient (Wildman–Crippen LogP) is 3.94. The Balaban J connectivity index is 1.38. The number of aryl methyl sites for hydroxylation is 1. The van der Waals surface area contributed by atoms with Crippen LogP contribution in [-0.4, -0.2) is 59.8 Å². The zero-order valence-corrected chi connectivity index (χ0v) is 21.2. The van der Waals surface area contributed by atoms with E-state index in [4.69, 9.17) is 4.74 Å². The first-order chi connectivity index (χ1) is 17.2. The van der Waals surface area contributed by atoms with Gasteiger partial charge in [-0.1, -0.05) is 13.0 Å². The van der Waals surface area contributed by atoms with Gasteiger partial charge < -0.3 is 25.2 Å². The van der Waals surface area contributed by atoms with Crippen LogP contribution in [0.5, 0.6) is 5.75 Å². The van der Waals surface area contributed by atoms with E-state index in [0.717, 1.165) is 36.8 Å². The zero-order valence-electron chi connectivity index (χ0n) is 21.2. The minimum Gasteiger partial charge on any atom is -0.508 e. The number of phenolic OH excluding ortho intramolecular Hbond substituents is 1. The van der Waals surface area contributed by atoms with E-state index < -0.39 is 12.1 Å². The normalized spacial score (nSPS) is 30.8. The molecular formula is C29H36N2O5. The number of nitrogens with zero attached hydrogens (tertiary/aromatic N) is 1. The molecule has 3 aliphatic carbocycles. The van der Waals surface area contributed by atoms with Crippen molar-refractivity contribution in [3.05, 3.63) is 59.2 Å². The van der Waals surface area contributed by atoms with Crippen LogP contribution in [0.2, 0.25) is 0 Å². The number of phenols is 1. The maximum Gasteiger partial charge on any atom is 0.338 e. The molecular weight excluding hydrogens is 456 g/mol. The number of anilines is 1. The molecule has 192 valence electrons. The number of esters is 1. The summed E-state index contributed by atoms with van der Waals surface area (Å²) in [6, 6.07) is 12.3. The van der Waals surface area contributed by atoms with E-state index in [9.17, 15) is 19.8 Å². The van der Waals surface area contributed by atoms with Gasteiger partial charge in [0, 0.05) is 17.0 Å². The lowest BCUT2D eigenvalue weighted by Gasteiger charge is -2.53. The predicted molar refractivity (Wildman–Crippen MR) is 137 cm³/mol. The summed E-state index contributed by atoms with van der Waals surface area (Å²) in [7, 11) is 3.66. The molecule has 0 unspecified atom stereocenters. The summed E-state index contributed by atoms with van der Waals surface area (Å²) in [5.74, 6) is 0.500. The summed E-state index contributed by atoms with van der Waals surface area (Å²) in [6.45, 7) is 2.43. The highest BCUT2D eigenvalue weighted by Crippen LogP contribution is 2.61. The largest absolute Gasteiger partial charge is 0.508 e. The molecule has 5 rings (SSSR count). The maximum absolute atomic E-state index is 13.3. The highest BCUT2D eigenvalue weighted by atomic mass is 16.5. The van der Waals surface area contributed by atoms with Crippen LogP contribution in [0.15, 0.2) is 42.5 Å². The monoisotopic (exact) mass is 492 g/mol. The van der Waals surface area contributed by atoms with E-state index in [1.165, 1.54) is 0 Å². The average Bonchev–Trinajstić information content (AvgIpc) is 3.12.